The van der Waals surface area contributed by atoms with Crippen LogP contribution in [0.2, 0.25) is 0 Å². The van der Waals surface area contributed by atoms with Crippen molar-refractivity contribution in [3.05, 3.63) is 27.7 Å². The number of ether oxygens (including phenoxy) is 1. The van der Waals surface area contributed by atoms with Crippen molar-refractivity contribution in [1.29, 1.82) is 0 Å². The number of rotatable bonds is 6. The molecular weight excluding hydrogens is 615 g/mol. The third-order valence-electron chi connectivity index (χ3n) is 9.54. The van der Waals surface area contributed by atoms with E-state index in [1.54, 1.807) is 6.92 Å². The zero-order valence-corrected chi connectivity index (χ0v) is 25.4. The summed E-state index contributed by atoms with van der Waals surface area (Å²) >= 11 is 1.11. The number of hydrogen-bond donors (Lipinski definition) is 2. The maximum Gasteiger partial charge on any atom is 0.417 e. The zero-order valence-electron chi connectivity index (χ0n) is 24.6. The summed E-state index contributed by atoms with van der Waals surface area (Å²) in [5.41, 5.74) is 3.05. The minimum Gasteiger partial charge on any atom is -0.461 e. The molecule has 4 saturated heterocycles. The average molecular weight is 649 g/mol. The molecule has 7 rings (SSSR count). The standard InChI is InChI=1S/C30H33F5N8OS/c1-15-24(39-27(36)37-2)20(13-45-15)22-21(30(33,34)35)8-19-25(23(22)32)40-28(41-26(19)42-11-17-4-5-18(12-42)38-17)44-14-29-6-3-7-43(29)10-16(31)9-29/h8,13,16-18,38H,2-7,9-12,14H2,1H3,(H2,36,39)/t16-,17?,18?,29+/m1/s1. The van der Waals surface area contributed by atoms with Gasteiger partial charge in [0.1, 0.15) is 24.1 Å². The number of fused-ring (bicyclic) bond motifs is 4. The molecular formula is C30H33F5N8OS. The first-order valence-electron chi connectivity index (χ1n) is 15.0. The number of piperazine rings is 1. The number of guanidine groups is 1. The van der Waals surface area contributed by atoms with Gasteiger partial charge in [-0.3, -0.25) is 4.90 Å². The van der Waals surface area contributed by atoms with E-state index in [9.17, 15) is 17.6 Å². The van der Waals surface area contributed by atoms with Gasteiger partial charge in [0.05, 0.1) is 16.8 Å². The minimum atomic E-state index is -4.92. The number of alkyl halides is 4. The van der Waals surface area contributed by atoms with E-state index in [2.05, 4.69) is 36.9 Å². The van der Waals surface area contributed by atoms with Crippen LogP contribution in [-0.2, 0) is 6.18 Å². The normalized spacial score (nSPS) is 27.0. The Bertz CT molecular complexity index is 1680. The number of aryl methyl sites for hydroxylation is 1. The van der Waals surface area contributed by atoms with Crippen LogP contribution in [-0.4, -0.2) is 84.1 Å². The van der Waals surface area contributed by atoms with Gasteiger partial charge in [-0.25, -0.2) is 18.8 Å². The Balaban J connectivity index is 1.41. The third-order valence-corrected chi connectivity index (χ3v) is 10.4. The monoisotopic (exact) mass is 648 g/mol. The molecule has 0 aliphatic carbocycles. The van der Waals surface area contributed by atoms with Crippen LogP contribution in [0.15, 0.2) is 21.4 Å². The fraction of sp³-hybridized carbons (Fsp3) is 0.533. The molecule has 4 fully saturated rings. The molecule has 2 bridgehead atoms. The van der Waals surface area contributed by atoms with Gasteiger partial charge in [-0.2, -0.15) is 23.1 Å². The van der Waals surface area contributed by atoms with E-state index in [4.69, 9.17) is 10.5 Å². The first-order chi connectivity index (χ1) is 21.5. The molecule has 6 heterocycles. The van der Waals surface area contributed by atoms with Crippen molar-refractivity contribution in [1.82, 2.24) is 20.2 Å². The van der Waals surface area contributed by atoms with Gasteiger partial charge in [0.15, 0.2) is 5.82 Å². The van der Waals surface area contributed by atoms with Crippen molar-refractivity contribution < 1.29 is 26.7 Å². The first-order valence-corrected chi connectivity index (χ1v) is 15.9. The number of benzene rings is 1. The second kappa shape index (κ2) is 11.1. The second-order valence-corrected chi connectivity index (χ2v) is 13.5. The molecule has 240 valence electrons. The van der Waals surface area contributed by atoms with Gasteiger partial charge < -0.3 is 20.7 Å². The number of nitrogens with two attached hydrogens (primary N) is 1. The van der Waals surface area contributed by atoms with E-state index in [1.165, 1.54) is 5.38 Å². The summed E-state index contributed by atoms with van der Waals surface area (Å²) in [6, 6.07) is 1.03. The molecule has 4 aliphatic rings. The summed E-state index contributed by atoms with van der Waals surface area (Å²) in [6.45, 7) is 7.12. The lowest BCUT2D eigenvalue weighted by molar-refractivity contribution is -0.137. The van der Waals surface area contributed by atoms with E-state index in [1.807, 2.05) is 4.90 Å². The first kappa shape index (κ1) is 30.2. The Hall–Kier alpha value is -3.43. The van der Waals surface area contributed by atoms with Crippen LogP contribution in [0.1, 0.15) is 42.5 Å². The Morgan fingerprint density at radius 3 is 2.71 bits per heavy atom. The van der Waals surface area contributed by atoms with E-state index in [-0.39, 0.29) is 58.6 Å². The fourth-order valence-corrected chi connectivity index (χ4v) is 8.31. The summed E-state index contributed by atoms with van der Waals surface area (Å²) in [4.78, 5) is 21.2. The molecule has 9 nitrogen and oxygen atoms in total. The molecule has 0 radical (unpaired) electrons. The number of nitrogens with one attached hydrogen (secondary N) is 1. The smallest absolute Gasteiger partial charge is 0.417 e. The molecule has 15 heteroatoms. The molecule has 4 aliphatic heterocycles. The quantitative estimate of drug-likeness (QED) is 0.211. The summed E-state index contributed by atoms with van der Waals surface area (Å²) < 4.78 is 81.7. The molecule has 1 aromatic carbocycles. The van der Waals surface area contributed by atoms with Crippen molar-refractivity contribution in [3.63, 3.8) is 0 Å². The van der Waals surface area contributed by atoms with Gasteiger partial charge in [0.2, 0.25) is 5.96 Å². The maximum absolute atomic E-state index is 16.8. The largest absolute Gasteiger partial charge is 0.461 e. The van der Waals surface area contributed by atoms with Crippen molar-refractivity contribution in [2.24, 2.45) is 15.7 Å². The van der Waals surface area contributed by atoms with Crippen LogP contribution in [0.4, 0.5) is 33.5 Å². The van der Waals surface area contributed by atoms with Gasteiger partial charge in [0, 0.05) is 64.9 Å². The summed E-state index contributed by atoms with van der Waals surface area (Å²) in [6.07, 6.45) is -2.10. The highest BCUT2D eigenvalue weighted by molar-refractivity contribution is 7.11. The van der Waals surface area contributed by atoms with Gasteiger partial charge >= 0.3 is 12.2 Å². The van der Waals surface area contributed by atoms with Crippen LogP contribution in [0.3, 0.4) is 0 Å². The molecule has 4 atom stereocenters. The molecule has 0 amide bonds. The zero-order chi connectivity index (χ0) is 31.7. The van der Waals surface area contributed by atoms with Crippen LogP contribution in [0.5, 0.6) is 6.01 Å². The highest BCUT2D eigenvalue weighted by Crippen LogP contribution is 2.48. The van der Waals surface area contributed by atoms with Crippen LogP contribution < -0.4 is 20.7 Å². The number of thiophene rings is 1. The van der Waals surface area contributed by atoms with E-state index >= 15 is 4.39 Å². The topological polar surface area (TPSA) is 104 Å². The van der Waals surface area contributed by atoms with Crippen molar-refractivity contribution in [2.45, 2.75) is 69.0 Å². The van der Waals surface area contributed by atoms with Gasteiger partial charge in [0.25, 0.3) is 0 Å². The number of aliphatic imine (C=N–C) groups is 2. The SMILES string of the molecule is C=NC(N)=Nc1c(-c2c(C(F)(F)F)cc3c(N4CC5CCC(C4)N5)nc(OC[C@@]45CCCN4C[C@H](F)C5)nc3c2F)csc1C. The summed E-state index contributed by atoms with van der Waals surface area (Å²) in [5.74, 6) is -1.25. The Morgan fingerprint density at radius 1 is 1.24 bits per heavy atom. The Morgan fingerprint density at radius 2 is 2.00 bits per heavy atom. The van der Waals surface area contributed by atoms with Crippen LogP contribution in [0, 0.1) is 12.7 Å². The molecule has 3 N–H and O–H groups in total. The highest BCUT2D eigenvalue weighted by Gasteiger charge is 2.49. The number of aromatic nitrogens is 2. The van der Waals surface area contributed by atoms with Crippen molar-refractivity contribution >= 4 is 46.4 Å². The Labute approximate surface area is 260 Å². The number of anilines is 1. The molecule has 45 heavy (non-hydrogen) atoms. The third kappa shape index (κ3) is 5.31. The van der Waals surface area contributed by atoms with Crippen molar-refractivity contribution in [2.75, 3.05) is 37.7 Å². The minimum absolute atomic E-state index is 0.0631. The molecule has 0 spiro atoms. The Kier molecular flexibility index (Phi) is 7.47. The summed E-state index contributed by atoms with van der Waals surface area (Å²) in [5, 5.41) is 4.86. The lowest BCUT2D eigenvalue weighted by Crippen LogP contribution is -2.51. The van der Waals surface area contributed by atoms with Gasteiger partial charge in [-0.05, 0) is 51.9 Å². The number of nitrogens with zero attached hydrogens (tertiary/aromatic N) is 6. The predicted molar refractivity (Wildman–Crippen MR) is 164 cm³/mol. The average Bonchev–Trinajstić information content (AvgIpc) is 3.73. The predicted octanol–water partition coefficient (Wildman–Crippen LogP) is 5.37. The highest BCUT2D eigenvalue weighted by atomic mass is 32.1. The lowest BCUT2D eigenvalue weighted by Gasteiger charge is -2.35. The maximum atomic E-state index is 16.8. The van der Waals surface area contributed by atoms with Gasteiger partial charge in [-0.15, -0.1) is 11.3 Å². The molecule has 0 saturated carbocycles. The van der Waals surface area contributed by atoms with E-state index in [0.717, 1.165) is 49.6 Å². The van der Waals surface area contributed by atoms with Gasteiger partial charge in [-0.1, -0.05) is 0 Å². The number of halogens is 5. The molecule has 2 aromatic heterocycles. The second-order valence-electron chi connectivity index (χ2n) is 12.4. The molecule has 3 aromatic rings. The van der Waals surface area contributed by atoms with E-state index in [0.29, 0.717) is 30.9 Å². The summed E-state index contributed by atoms with van der Waals surface area (Å²) in [7, 11) is 0. The lowest BCUT2D eigenvalue weighted by atomic mass is 9.95. The van der Waals surface area contributed by atoms with Crippen LogP contribution >= 0.6 is 11.3 Å². The van der Waals surface area contributed by atoms with E-state index < -0.39 is 34.8 Å². The van der Waals surface area contributed by atoms with Crippen molar-refractivity contribution in [3.8, 4) is 17.1 Å². The number of hydrogen-bond acceptors (Lipinski definition) is 8. The van der Waals surface area contributed by atoms with Crippen LogP contribution in [0.25, 0.3) is 22.0 Å². The fourth-order valence-electron chi connectivity index (χ4n) is 7.52. The molecule has 2 unspecified atom stereocenters.